The Hall–Kier alpha value is -1.20. The summed E-state index contributed by atoms with van der Waals surface area (Å²) in [6, 6.07) is 0. The molecule has 0 bridgehead atoms. The lowest BCUT2D eigenvalue weighted by atomic mass is 9.85. The summed E-state index contributed by atoms with van der Waals surface area (Å²) in [5, 5.41) is 9.02. The molecule has 0 aromatic heterocycles. The second-order valence-corrected chi connectivity index (χ2v) is 5.81. The number of carbonyl (C=O) groups excluding carboxylic acids is 1. The number of alkyl halides is 2. The van der Waals surface area contributed by atoms with Crippen molar-refractivity contribution in [2.24, 2.45) is 17.8 Å². The maximum atomic E-state index is 13.3. The second kappa shape index (κ2) is 5.06. The first kappa shape index (κ1) is 14.2. The number of aliphatic carboxylic acids is 1. The van der Waals surface area contributed by atoms with Gasteiger partial charge < -0.3 is 10.0 Å². The lowest BCUT2D eigenvalue weighted by Crippen LogP contribution is -2.39. The van der Waals surface area contributed by atoms with Crippen LogP contribution in [-0.4, -0.2) is 40.9 Å². The number of amides is 1. The first-order valence-electron chi connectivity index (χ1n) is 6.69. The van der Waals surface area contributed by atoms with Crippen LogP contribution in [0.4, 0.5) is 8.78 Å². The summed E-state index contributed by atoms with van der Waals surface area (Å²) in [6.07, 6.45) is 0.297. The Bertz CT molecular complexity index is 386. The van der Waals surface area contributed by atoms with Crippen molar-refractivity contribution in [1.82, 2.24) is 4.90 Å². The molecule has 1 N–H and O–H groups in total. The van der Waals surface area contributed by atoms with E-state index in [0.717, 1.165) is 0 Å². The lowest BCUT2D eigenvalue weighted by molar-refractivity contribution is -0.144. The Kier molecular flexibility index (Phi) is 3.78. The van der Waals surface area contributed by atoms with Crippen LogP contribution in [0.1, 0.15) is 32.6 Å². The van der Waals surface area contributed by atoms with Crippen LogP contribution in [-0.2, 0) is 9.59 Å². The Labute approximate surface area is 110 Å². The van der Waals surface area contributed by atoms with Crippen molar-refractivity contribution < 1.29 is 23.5 Å². The highest BCUT2D eigenvalue weighted by atomic mass is 19.3. The van der Waals surface area contributed by atoms with E-state index in [9.17, 15) is 18.4 Å². The highest BCUT2D eigenvalue weighted by Crippen LogP contribution is 2.38. The first-order chi connectivity index (χ1) is 8.80. The summed E-state index contributed by atoms with van der Waals surface area (Å²) in [6.45, 7) is 2.29. The maximum absolute atomic E-state index is 13.3. The van der Waals surface area contributed by atoms with E-state index in [1.807, 2.05) is 0 Å². The molecule has 4 nitrogen and oxygen atoms in total. The smallest absolute Gasteiger partial charge is 0.308 e. The number of rotatable bonds is 2. The summed E-state index contributed by atoms with van der Waals surface area (Å²) in [7, 11) is 0. The van der Waals surface area contributed by atoms with Gasteiger partial charge in [-0.2, -0.15) is 0 Å². The van der Waals surface area contributed by atoms with Crippen molar-refractivity contribution in [3.8, 4) is 0 Å². The molecule has 2 rings (SSSR count). The molecule has 0 radical (unpaired) electrons. The monoisotopic (exact) mass is 275 g/mol. The number of carboxylic acid groups (broad SMARTS) is 1. The van der Waals surface area contributed by atoms with Crippen molar-refractivity contribution in [3.63, 3.8) is 0 Å². The van der Waals surface area contributed by atoms with Gasteiger partial charge in [0.1, 0.15) is 0 Å². The minimum atomic E-state index is -2.75. The predicted octanol–water partition coefficient (Wildman–Crippen LogP) is 1.99. The number of halogens is 2. The van der Waals surface area contributed by atoms with E-state index < -0.39 is 30.1 Å². The molecule has 1 saturated heterocycles. The summed E-state index contributed by atoms with van der Waals surface area (Å²) in [4.78, 5) is 24.7. The topological polar surface area (TPSA) is 57.6 Å². The van der Waals surface area contributed by atoms with Gasteiger partial charge in [0.05, 0.1) is 5.92 Å². The second-order valence-electron chi connectivity index (χ2n) is 5.81. The molecular weight excluding hydrogens is 256 g/mol. The van der Waals surface area contributed by atoms with E-state index in [0.29, 0.717) is 19.4 Å². The van der Waals surface area contributed by atoms with Crippen LogP contribution in [0.25, 0.3) is 0 Å². The van der Waals surface area contributed by atoms with E-state index in [2.05, 4.69) is 0 Å². The van der Waals surface area contributed by atoms with Gasteiger partial charge in [-0.1, -0.05) is 6.92 Å². The van der Waals surface area contributed by atoms with Gasteiger partial charge in [0.2, 0.25) is 11.8 Å². The van der Waals surface area contributed by atoms with Crippen LogP contribution in [0.5, 0.6) is 0 Å². The number of nitrogens with zero attached hydrogens (tertiary/aromatic N) is 1. The van der Waals surface area contributed by atoms with Crippen LogP contribution in [0, 0.1) is 17.8 Å². The molecule has 108 valence electrons. The summed E-state index contributed by atoms with van der Waals surface area (Å²) in [5.74, 6) is -5.32. The Morgan fingerprint density at radius 2 is 2.00 bits per heavy atom. The molecule has 1 aliphatic heterocycles. The zero-order valence-electron chi connectivity index (χ0n) is 10.9. The van der Waals surface area contributed by atoms with E-state index in [-0.39, 0.29) is 24.8 Å². The van der Waals surface area contributed by atoms with Crippen molar-refractivity contribution >= 4 is 11.9 Å². The minimum Gasteiger partial charge on any atom is -0.481 e. The summed E-state index contributed by atoms with van der Waals surface area (Å²) < 4.78 is 26.6. The summed E-state index contributed by atoms with van der Waals surface area (Å²) in [5.41, 5.74) is 0. The third kappa shape index (κ3) is 3.04. The van der Waals surface area contributed by atoms with Gasteiger partial charge in [0.25, 0.3) is 0 Å². The fourth-order valence-corrected chi connectivity index (χ4v) is 3.11. The number of hydrogen-bond donors (Lipinski definition) is 1. The van der Waals surface area contributed by atoms with Gasteiger partial charge in [-0.3, -0.25) is 9.59 Å². The molecule has 0 aromatic rings. The molecule has 2 fully saturated rings. The lowest BCUT2D eigenvalue weighted by Gasteiger charge is -2.30. The van der Waals surface area contributed by atoms with E-state index >= 15 is 0 Å². The molecule has 2 aliphatic rings. The quantitative estimate of drug-likeness (QED) is 0.838. The summed E-state index contributed by atoms with van der Waals surface area (Å²) >= 11 is 0. The Balaban J connectivity index is 1.99. The Morgan fingerprint density at radius 3 is 2.53 bits per heavy atom. The highest BCUT2D eigenvalue weighted by Gasteiger charge is 2.43. The molecule has 1 heterocycles. The molecule has 1 aliphatic carbocycles. The molecule has 0 spiro atoms. The zero-order valence-corrected chi connectivity index (χ0v) is 10.9. The van der Waals surface area contributed by atoms with Crippen LogP contribution < -0.4 is 0 Å². The van der Waals surface area contributed by atoms with E-state index in [4.69, 9.17) is 5.11 Å². The fourth-order valence-electron chi connectivity index (χ4n) is 3.11. The van der Waals surface area contributed by atoms with Crippen molar-refractivity contribution in [1.29, 1.82) is 0 Å². The minimum absolute atomic E-state index is 0.120. The third-order valence-electron chi connectivity index (χ3n) is 4.23. The molecule has 3 atom stereocenters. The highest BCUT2D eigenvalue weighted by molar-refractivity contribution is 5.81. The molecular formula is C13H19F2NO3. The number of carbonyl (C=O) groups is 2. The van der Waals surface area contributed by atoms with Gasteiger partial charge in [0.15, 0.2) is 0 Å². The van der Waals surface area contributed by atoms with E-state index in [1.165, 1.54) is 4.90 Å². The average Bonchev–Trinajstić information content (AvgIpc) is 2.69. The van der Waals surface area contributed by atoms with Crippen LogP contribution >= 0.6 is 0 Å². The average molecular weight is 275 g/mol. The van der Waals surface area contributed by atoms with Gasteiger partial charge >= 0.3 is 5.97 Å². The van der Waals surface area contributed by atoms with Crippen LogP contribution in [0.3, 0.4) is 0 Å². The van der Waals surface area contributed by atoms with E-state index in [1.54, 1.807) is 6.92 Å². The number of carboxylic acids is 1. The molecule has 0 aromatic carbocycles. The predicted molar refractivity (Wildman–Crippen MR) is 63.8 cm³/mol. The van der Waals surface area contributed by atoms with Gasteiger partial charge in [-0.05, 0) is 18.8 Å². The van der Waals surface area contributed by atoms with Crippen molar-refractivity contribution in [2.45, 2.75) is 38.5 Å². The normalized spacial score (nSPS) is 34.3. The molecule has 19 heavy (non-hydrogen) atoms. The Morgan fingerprint density at radius 1 is 1.32 bits per heavy atom. The maximum Gasteiger partial charge on any atom is 0.308 e. The molecule has 1 unspecified atom stereocenters. The van der Waals surface area contributed by atoms with Gasteiger partial charge in [-0.15, -0.1) is 0 Å². The molecule has 1 saturated carbocycles. The fraction of sp³-hybridized carbons (Fsp3) is 0.846. The standard InChI is InChI=1S/C13H19F2NO3/c1-8-6-16(7-10(8)12(18)19)11(17)9-3-2-4-13(14,15)5-9/h8-10H,2-7H2,1H3,(H,18,19)/t8-,9?,10-/m1/s1. The number of likely N-dealkylation sites (tertiary alicyclic amines) is 1. The van der Waals surface area contributed by atoms with Crippen LogP contribution in [0.15, 0.2) is 0 Å². The zero-order chi connectivity index (χ0) is 14.2. The van der Waals surface area contributed by atoms with Crippen molar-refractivity contribution in [3.05, 3.63) is 0 Å². The third-order valence-corrected chi connectivity index (χ3v) is 4.23. The largest absolute Gasteiger partial charge is 0.481 e. The van der Waals surface area contributed by atoms with Gasteiger partial charge in [0, 0.05) is 31.8 Å². The molecule has 6 heteroatoms. The van der Waals surface area contributed by atoms with Gasteiger partial charge in [-0.25, -0.2) is 8.78 Å². The van der Waals surface area contributed by atoms with Crippen molar-refractivity contribution in [2.75, 3.05) is 13.1 Å². The first-order valence-corrected chi connectivity index (χ1v) is 6.69. The number of hydrogen-bond acceptors (Lipinski definition) is 2. The SMILES string of the molecule is C[C@@H]1CN(C(=O)C2CCCC(F)(F)C2)C[C@H]1C(=O)O. The van der Waals surface area contributed by atoms with Crippen LogP contribution in [0.2, 0.25) is 0 Å². The molecule has 1 amide bonds.